The Hall–Kier alpha value is -1.52. The van der Waals surface area contributed by atoms with Gasteiger partial charge in [-0.2, -0.15) is 0 Å². The summed E-state index contributed by atoms with van der Waals surface area (Å²) in [6.45, 7) is 1.61. The maximum atomic E-state index is 11.7. The first-order valence-electron chi connectivity index (χ1n) is 5.95. The molecule has 0 bridgehead atoms. The van der Waals surface area contributed by atoms with E-state index in [-0.39, 0.29) is 0 Å². The van der Waals surface area contributed by atoms with Crippen molar-refractivity contribution in [1.82, 2.24) is 0 Å². The van der Waals surface area contributed by atoms with Crippen LogP contribution in [0.15, 0.2) is 53.0 Å². The Morgan fingerprint density at radius 3 is 2.55 bits per heavy atom. The Labute approximate surface area is 130 Å². The quantitative estimate of drug-likeness (QED) is 0.849. The van der Waals surface area contributed by atoms with E-state index in [4.69, 9.17) is 11.6 Å². The van der Waals surface area contributed by atoms with Crippen molar-refractivity contribution in [3.63, 3.8) is 0 Å². The highest BCUT2D eigenvalue weighted by molar-refractivity contribution is 9.10. The first-order valence-corrected chi connectivity index (χ1v) is 7.13. The van der Waals surface area contributed by atoms with E-state index in [1.165, 1.54) is 0 Å². The number of nitrogens with one attached hydrogen (secondary N) is 1. The van der Waals surface area contributed by atoms with Crippen LogP contribution in [0.2, 0.25) is 5.02 Å². The van der Waals surface area contributed by atoms with Crippen molar-refractivity contribution in [3.05, 3.63) is 63.6 Å². The van der Waals surface area contributed by atoms with Gasteiger partial charge in [-0.15, -0.1) is 0 Å². The molecule has 0 saturated heterocycles. The summed E-state index contributed by atoms with van der Waals surface area (Å²) in [6, 6.07) is 14.3. The molecule has 104 valence electrons. The van der Waals surface area contributed by atoms with Crippen molar-refractivity contribution in [3.8, 4) is 0 Å². The van der Waals surface area contributed by atoms with Crippen LogP contribution in [-0.4, -0.2) is 11.1 Å². The maximum absolute atomic E-state index is 11.7. The molecular weight excluding hydrogens is 342 g/mol. The van der Waals surface area contributed by atoms with Crippen molar-refractivity contribution in [2.45, 2.75) is 12.5 Å². The summed E-state index contributed by atoms with van der Waals surface area (Å²) in [7, 11) is 0. The molecule has 0 aromatic heterocycles. The second-order valence-corrected chi connectivity index (χ2v) is 5.87. The summed E-state index contributed by atoms with van der Waals surface area (Å²) in [5.74, 6) is -0.976. The SMILES string of the molecule is CC(Nc1ccccc1Cl)(C(=O)O)c1cccc(Br)c1. The van der Waals surface area contributed by atoms with Crippen LogP contribution in [0.4, 0.5) is 5.69 Å². The van der Waals surface area contributed by atoms with E-state index < -0.39 is 11.5 Å². The summed E-state index contributed by atoms with van der Waals surface area (Å²) in [5.41, 5.74) is -0.0484. The molecule has 5 heteroatoms. The first kappa shape index (κ1) is 14.9. The first-order chi connectivity index (χ1) is 9.43. The van der Waals surface area contributed by atoms with Gasteiger partial charge >= 0.3 is 5.97 Å². The second kappa shape index (κ2) is 5.85. The van der Waals surface area contributed by atoms with E-state index in [0.29, 0.717) is 16.3 Å². The number of carboxylic acid groups (broad SMARTS) is 1. The lowest BCUT2D eigenvalue weighted by Crippen LogP contribution is -2.40. The molecule has 2 aromatic rings. The summed E-state index contributed by atoms with van der Waals surface area (Å²) in [5, 5.41) is 13.1. The van der Waals surface area contributed by atoms with E-state index in [2.05, 4.69) is 21.2 Å². The lowest BCUT2D eigenvalue weighted by molar-refractivity contribution is -0.142. The third-order valence-electron chi connectivity index (χ3n) is 3.09. The third kappa shape index (κ3) is 2.97. The summed E-state index contributed by atoms with van der Waals surface area (Å²) in [4.78, 5) is 11.7. The van der Waals surface area contributed by atoms with Crippen LogP contribution < -0.4 is 5.32 Å². The summed E-state index contributed by atoms with van der Waals surface area (Å²) < 4.78 is 0.823. The molecule has 0 aliphatic heterocycles. The third-order valence-corrected chi connectivity index (χ3v) is 3.91. The molecule has 0 aliphatic carbocycles. The van der Waals surface area contributed by atoms with Gasteiger partial charge in [-0.25, -0.2) is 4.79 Å². The van der Waals surface area contributed by atoms with Crippen molar-refractivity contribution in [2.24, 2.45) is 0 Å². The summed E-state index contributed by atoms with van der Waals surface area (Å²) in [6.07, 6.45) is 0. The van der Waals surface area contributed by atoms with Gasteiger partial charge in [-0.1, -0.05) is 51.8 Å². The Bertz CT molecular complexity index is 647. The largest absolute Gasteiger partial charge is 0.479 e. The van der Waals surface area contributed by atoms with Gasteiger partial charge in [0.25, 0.3) is 0 Å². The fourth-order valence-electron chi connectivity index (χ4n) is 1.88. The zero-order valence-electron chi connectivity index (χ0n) is 10.7. The van der Waals surface area contributed by atoms with Gasteiger partial charge in [-0.05, 0) is 36.8 Å². The number of carboxylic acids is 1. The number of hydrogen-bond acceptors (Lipinski definition) is 2. The van der Waals surface area contributed by atoms with E-state index in [0.717, 1.165) is 4.47 Å². The average Bonchev–Trinajstić information content (AvgIpc) is 2.41. The molecule has 0 aliphatic rings. The van der Waals surface area contributed by atoms with Gasteiger partial charge in [0.1, 0.15) is 0 Å². The van der Waals surface area contributed by atoms with Crippen molar-refractivity contribution in [1.29, 1.82) is 0 Å². The molecular formula is C15H13BrClNO2. The second-order valence-electron chi connectivity index (χ2n) is 4.55. The molecule has 1 atom stereocenters. The Kier molecular flexibility index (Phi) is 4.35. The smallest absolute Gasteiger partial charge is 0.333 e. The van der Waals surface area contributed by atoms with E-state index in [1.807, 2.05) is 6.07 Å². The normalized spacial score (nSPS) is 13.6. The van der Waals surface area contributed by atoms with E-state index in [1.54, 1.807) is 49.4 Å². The molecule has 2 aromatic carbocycles. The minimum atomic E-state index is -1.27. The molecule has 0 fully saturated rings. The molecule has 3 nitrogen and oxygen atoms in total. The predicted molar refractivity (Wildman–Crippen MR) is 84.2 cm³/mol. The average molecular weight is 355 g/mol. The highest BCUT2D eigenvalue weighted by Crippen LogP contribution is 2.31. The molecule has 0 radical (unpaired) electrons. The molecule has 1 unspecified atom stereocenters. The minimum Gasteiger partial charge on any atom is -0.479 e. The lowest BCUT2D eigenvalue weighted by Gasteiger charge is -2.28. The Balaban J connectivity index is 2.46. The van der Waals surface area contributed by atoms with Crippen molar-refractivity contribution >= 4 is 39.2 Å². The number of benzene rings is 2. The van der Waals surface area contributed by atoms with Gasteiger partial charge in [0.15, 0.2) is 5.54 Å². The predicted octanol–water partition coefficient (Wildman–Crippen LogP) is 4.51. The number of hydrogen-bond donors (Lipinski definition) is 2. The number of halogens is 2. The topological polar surface area (TPSA) is 49.3 Å². The van der Waals surface area contributed by atoms with Gasteiger partial charge in [0.2, 0.25) is 0 Å². The van der Waals surface area contributed by atoms with Crippen LogP contribution in [0.1, 0.15) is 12.5 Å². The van der Waals surface area contributed by atoms with Crippen LogP contribution in [0.3, 0.4) is 0 Å². The van der Waals surface area contributed by atoms with Crippen LogP contribution in [0, 0.1) is 0 Å². The monoisotopic (exact) mass is 353 g/mol. The van der Waals surface area contributed by atoms with Gasteiger partial charge in [-0.3, -0.25) is 0 Å². The van der Waals surface area contributed by atoms with Crippen molar-refractivity contribution in [2.75, 3.05) is 5.32 Å². The van der Waals surface area contributed by atoms with Crippen LogP contribution in [0.5, 0.6) is 0 Å². The van der Waals surface area contributed by atoms with Crippen LogP contribution in [0.25, 0.3) is 0 Å². The number of anilines is 1. The summed E-state index contributed by atoms with van der Waals surface area (Å²) >= 11 is 9.45. The molecule has 0 saturated carbocycles. The van der Waals surface area contributed by atoms with Crippen LogP contribution >= 0.6 is 27.5 Å². The lowest BCUT2D eigenvalue weighted by atomic mass is 9.91. The Morgan fingerprint density at radius 2 is 1.95 bits per heavy atom. The number of para-hydroxylation sites is 1. The molecule has 2 rings (SSSR count). The Morgan fingerprint density at radius 1 is 1.25 bits per heavy atom. The van der Waals surface area contributed by atoms with Gasteiger partial charge in [0.05, 0.1) is 10.7 Å². The zero-order chi connectivity index (χ0) is 14.8. The number of carbonyl (C=O) groups is 1. The molecule has 0 spiro atoms. The fourth-order valence-corrected chi connectivity index (χ4v) is 2.46. The van der Waals surface area contributed by atoms with Crippen LogP contribution in [-0.2, 0) is 10.3 Å². The number of aliphatic carboxylic acids is 1. The molecule has 0 amide bonds. The maximum Gasteiger partial charge on any atom is 0.333 e. The number of rotatable bonds is 4. The van der Waals surface area contributed by atoms with E-state index >= 15 is 0 Å². The highest BCUT2D eigenvalue weighted by atomic mass is 79.9. The van der Waals surface area contributed by atoms with Gasteiger partial charge in [0, 0.05) is 4.47 Å². The fraction of sp³-hybridized carbons (Fsp3) is 0.133. The molecule has 20 heavy (non-hydrogen) atoms. The highest BCUT2D eigenvalue weighted by Gasteiger charge is 2.35. The van der Waals surface area contributed by atoms with Crippen molar-refractivity contribution < 1.29 is 9.90 Å². The zero-order valence-corrected chi connectivity index (χ0v) is 13.1. The standard InChI is InChI=1S/C15H13BrClNO2/c1-15(14(19)20,10-5-4-6-11(16)9-10)18-13-8-3-2-7-12(13)17/h2-9,18H,1H3,(H,19,20). The van der Waals surface area contributed by atoms with E-state index in [9.17, 15) is 9.90 Å². The minimum absolute atomic E-state index is 0.481. The molecule has 0 heterocycles. The van der Waals surface area contributed by atoms with Gasteiger partial charge < -0.3 is 10.4 Å². The molecule has 2 N–H and O–H groups in total.